The molecule has 2 heterocycles. The average molecular weight is 472 g/mol. The molecule has 1 aliphatic heterocycles. The number of hydrazine groups is 1. The summed E-state index contributed by atoms with van der Waals surface area (Å²) < 4.78 is 54.4. The molecule has 2 amide bonds. The summed E-state index contributed by atoms with van der Waals surface area (Å²) in [5, 5.41) is 0.736. The Balaban J connectivity index is 1.58. The molecule has 0 spiro atoms. The highest BCUT2D eigenvalue weighted by Crippen LogP contribution is 2.33. The topological polar surface area (TPSA) is 98.1 Å². The van der Waals surface area contributed by atoms with Crippen molar-refractivity contribution in [3.05, 3.63) is 83.3 Å². The number of furan rings is 1. The van der Waals surface area contributed by atoms with Crippen LogP contribution in [0.25, 0.3) is 6.08 Å². The Bertz CT molecular complexity index is 1300. The first-order chi connectivity index (χ1) is 16.2. The maximum atomic E-state index is 13.0. The van der Waals surface area contributed by atoms with Crippen LogP contribution >= 0.6 is 0 Å². The fraction of sp³-hybridized carbons (Fsp3) is 0.0870. The Hall–Kier alpha value is -4.54. The van der Waals surface area contributed by atoms with Crippen molar-refractivity contribution < 1.29 is 41.4 Å². The summed E-state index contributed by atoms with van der Waals surface area (Å²) in [6.45, 7) is 0. The molecular formula is C23H15F3N2O6. The number of ether oxygens (including phenoxy) is 2. The summed E-state index contributed by atoms with van der Waals surface area (Å²) in [5.74, 6) is -2.20. The van der Waals surface area contributed by atoms with Gasteiger partial charge in [0.05, 0.1) is 24.6 Å². The first kappa shape index (κ1) is 22.6. The SMILES string of the molecule is COc1cc(/C=C2/C(=O)NN(c3cccc(C(F)(F)F)c3)C2=O)ccc1OC(=O)c1ccco1. The van der Waals surface area contributed by atoms with E-state index in [-0.39, 0.29) is 28.5 Å². The molecule has 8 nitrogen and oxygen atoms in total. The molecule has 1 fully saturated rings. The van der Waals surface area contributed by atoms with Crippen molar-refractivity contribution in [1.82, 2.24) is 5.43 Å². The molecule has 34 heavy (non-hydrogen) atoms. The average Bonchev–Trinajstić information content (AvgIpc) is 3.44. The van der Waals surface area contributed by atoms with Crippen LogP contribution in [0.5, 0.6) is 11.5 Å². The van der Waals surface area contributed by atoms with Gasteiger partial charge in [0.15, 0.2) is 11.5 Å². The van der Waals surface area contributed by atoms with Gasteiger partial charge in [0.1, 0.15) is 5.57 Å². The number of carbonyl (C=O) groups is 3. The third kappa shape index (κ3) is 4.49. The fourth-order valence-electron chi connectivity index (χ4n) is 3.13. The zero-order valence-corrected chi connectivity index (χ0v) is 17.4. The van der Waals surface area contributed by atoms with Gasteiger partial charge in [-0.2, -0.15) is 13.2 Å². The number of nitrogens with one attached hydrogen (secondary N) is 1. The van der Waals surface area contributed by atoms with Crippen molar-refractivity contribution in [3.8, 4) is 11.5 Å². The molecule has 174 valence electrons. The van der Waals surface area contributed by atoms with E-state index in [0.29, 0.717) is 5.56 Å². The Labute approximate surface area is 190 Å². The van der Waals surface area contributed by atoms with E-state index < -0.39 is 29.5 Å². The van der Waals surface area contributed by atoms with Crippen molar-refractivity contribution in [2.75, 3.05) is 12.1 Å². The molecule has 0 aliphatic carbocycles. The summed E-state index contributed by atoms with van der Waals surface area (Å²) >= 11 is 0. The number of rotatable bonds is 5. The van der Waals surface area contributed by atoms with E-state index >= 15 is 0 Å². The van der Waals surface area contributed by atoms with Gasteiger partial charge in [0, 0.05) is 0 Å². The molecule has 3 aromatic rings. The maximum absolute atomic E-state index is 13.0. The lowest BCUT2D eigenvalue weighted by atomic mass is 10.1. The minimum atomic E-state index is -4.61. The van der Waals surface area contributed by atoms with E-state index in [1.807, 2.05) is 0 Å². The van der Waals surface area contributed by atoms with E-state index in [4.69, 9.17) is 13.9 Å². The Morgan fingerprint density at radius 1 is 1.06 bits per heavy atom. The molecule has 4 rings (SSSR count). The van der Waals surface area contributed by atoms with Crippen LogP contribution in [0.1, 0.15) is 21.7 Å². The number of methoxy groups -OCH3 is 1. The third-order valence-electron chi connectivity index (χ3n) is 4.75. The lowest BCUT2D eigenvalue weighted by Crippen LogP contribution is -2.35. The molecule has 11 heteroatoms. The number of carbonyl (C=O) groups excluding carboxylic acids is 3. The minimum absolute atomic E-state index is 0.0174. The number of hydrogen-bond donors (Lipinski definition) is 1. The van der Waals surface area contributed by atoms with Gasteiger partial charge < -0.3 is 13.9 Å². The highest BCUT2D eigenvalue weighted by Gasteiger charge is 2.36. The summed E-state index contributed by atoms with van der Waals surface area (Å²) in [6, 6.07) is 11.2. The number of anilines is 1. The van der Waals surface area contributed by atoms with Gasteiger partial charge in [-0.05, 0) is 54.1 Å². The van der Waals surface area contributed by atoms with Crippen molar-refractivity contribution in [1.29, 1.82) is 0 Å². The first-order valence-electron chi connectivity index (χ1n) is 9.65. The number of alkyl halides is 3. The van der Waals surface area contributed by atoms with Crippen LogP contribution in [0.2, 0.25) is 0 Å². The van der Waals surface area contributed by atoms with Gasteiger partial charge in [-0.25, -0.2) is 9.80 Å². The van der Waals surface area contributed by atoms with Crippen LogP contribution in [0.15, 0.2) is 70.9 Å². The molecule has 0 atom stereocenters. The van der Waals surface area contributed by atoms with E-state index in [1.165, 1.54) is 55.8 Å². The second-order valence-electron chi connectivity index (χ2n) is 6.96. The van der Waals surface area contributed by atoms with Crippen molar-refractivity contribution in [2.45, 2.75) is 6.18 Å². The highest BCUT2D eigenvalue weighted by molar-refractivity contribution is 6.31. The largest absolute Gasteiger partial charge is 0.493 e. The molecule has 2 aromatic carbocycles. The molecular weight excluding hydrogens is 457 g/mol. The number of nitrogens with zero attached hydrogens (tertiary/aromatic N) is 1. The highest BCUT2D eigenvalue weighted by atomic mass is 19.4. The van der Waals surface area contributed by atoms with E-state index in [1.54, 1.807) is 0 Å². The van der Waals surface area contributed by atoms with Crippen LogP contribution in [0, 0.1) is 0 Å². The minimum Gasteiger partial charge on any atom is -0.493 e. The van der Waals surface area contributed by atoms with Gasteiger partial charge in [-0.15, -0.1) is 0 Å². The first-order valence-corrected chi connectivity index (χ1v) is 9.65. The van der Waals surface area contributed by atoms with Gasteiger partial charge in [0.25, 0.3) is 11.8 Å². The number of halogens is 3. The lowest BCUT2D eigenvalue weighted by molar-refractivity contribution is -0.137. The Morgan fingerprint density at radius 2 is 1.85 bits per heavy atom. The maximum Gasteiger partial charge on any atom is 0.416 e. The Morgan fingerprint density at radius 3 is 2.53 bits per heavy atom. The smallest absolute Gasteiger partial charge is 0.416 e. The van der Waals surface area contributed by atoms with Crippen LogP contribution in [0.3, 0.4) is 0 Å². The molecule has 1 N–H and O–H groups in total. The number of hydrogen-bond acceptors (Lipinski definition) is 6. The van der Waals surface area contributed by atoms with E-state index in [9.17, 15) is 27.6 Å². The van der Waals surface area contributed by atoms with Crippen LogP contribution in [-0.4, -0.2) is 24.9 Å². The van der Waals surface area contributed by atoms with Crippen LogP contribution in [0.4, 0.5) is 18.9 Å². The van der Waals surface area contributed by atoms with Gasteiger partial charge in [-0.1, -0.05) is 12.1 Å². The molecule has 1 aliphatic rings. The quantitative estimate of drug-likeness (QED) is 0.261. The normalized spacial score (nSPS) is 14.9. The summed E-state index contributed by atoms with van der Waals surface area (Å²) in [4.78, 5) is 37.2. The summed E-state index contributed by atoms with van der Waals surface area (Å²) in [6.07, 6.45) is -2.05. The van der Waals surface area contributed by atoms with Crippen molar-refractivity contribution >= 4 is 29.5 Å². The number of esters is 1. The Kier molecular flexibility index (Phi) is 5.84. The van der Waals surface area contributed by atoms with Gasteiger partial charge >= 0.3 is 12.1 Å². The van der Waals surface area contributed by atoms with Gasteiger partial charge in [-0.3, -0.25) is 15.0 Å². The fourth-order valence-corrected chi connectivity index (χ4v) is 3.13. The van der Waals surface area contributed by atoms with E-state index in [0.717, 1.165) is 23.2 Å². The summed E-state index contributed by atoms with van der Waals surface area (Å²) in [7, 11) is 1.33. The van der Waals surface area contributed by atoms with Crippen LogP contribution in [-0.2, 0) is 15.8 Å². The van der Waals surface area contributed by atoms with E-state index in [2.05, 4.69) is 5.43 Å². The van der Waals surface area contributed by atoms with Crippen molar-refractivity contribution in [2.24, 2.45) is 0 Å². The molecule has 0 bridgehead atoms. The molecule has 1 aromatic heterocycles. The standard InChI is InChI=1S/C23H15F3N2O6/c1-32-19-11-13(7-8-17(19)34-22(31)18-6-3-9-33-18)10-16-20(29)27-28(21(16)30)15-5-2-4-14(12-15)23(24,25)26/h2-12H,1H3,(H,27,29)/b16-10-. The second kappa shape index (κ2) is 8.77. The van der Waals surface area contributed by atoms with Gasteiger partial charge in [0.2, 0.25) is 5.76 Å². The summed E-state index contributed by atoms with van der Waals surface area (Å²) in [5.41, 5.74) is 1.18. The zero-order valence-electron chi connectivity index (χ0n) is 17.4. The molecule has 0 unspecified atom stereocenters. The molecule has 1 saturated heterocycles. The predicted molar refractivity (Wildman–Crippen MR) is 112 cm³/mol. The number of benzene rings is 2. The van der Waals surface area contributed by atoms with Crippen LogP contribution < -0.4 is 19.9 Å². The second-order valence-corrected chi connectivity index (χ2v) is 6.96. The van der Waals surface area contributed by atoms with Crippen molar-refractivity contribution in [3.63, 3.8) is 0 Å². The third-order valence-corrected chi connectivity index (χ3v) is 4.75. The molecule has 0 saturated carbocycles. The lowest BCUT2D eigenvalue weighted by Gasteiger charge is -2.16. The monoisotopic (exact) mass is 472 g/mol. The predicted octanol–water partition coefficient (Wildman–Crippen LogP) is 3.99. The molecule has 0 radical (unpaired) electrons. The number of amides is 2. The zero-order chi connectivity index (χ0) is 24.5.